The highest BCUT2D eigenvalue weighted by Gasteiger charge is 2.22. The van der Waals surface area contributed by atoms with Crippen molar-refractivity contribution in [2.24, 2.45) is 0 Å². The number of ether oxygens (including phenoxy) is 1. The van der Waals surface area contributed by atoms with Gasteiger partial charge in [-0.25, -0.2) is 0 Å². The van der Waals surface area contributed by atoms with Crippen LogP contribution in [0.15, 0.2) is 48.5 Å². The minimum atomic E-state index is -0.247. The third-order valence-electron chi connectivity index (χ3n) is 3.10. The number of para-hydroxylation sites is 1. The molecule has 0 radical (unpaired) electrons. The molecule has 1 atom stereocenters. The highest BCUT2D eigenvalue weighted by molar-refractivity contribution is 9.09. The van der Waals surface area contributed by atoms with Crippen LogP contribution < -0.4 is 4.74 Å². The zero-order valence-electron chi connectivity index (χ0n) is 10.0. The predicted octanol–water partition coefficient (Wildman–Crippen LogP) is 4.15. The van der Waals surface area contributed by atoms with Crippen molar-refractivity contribution >= 4 is 33.9 Å². The number of fused-ring (bicyclic) bond motifs is 1. The number of carbonyl (C=O) groups excluding carboxylic acids is 1. The van der Waals surface area contributed by atoms with Crippen LogP contribution in [0, 0.1) is 0 Å². The first-order chi connectivity index (χ1) is 9.29. The number of alkyl halides is 1. The van der Waals surface area contributed by atoms with Crippen molar-refractivity contribution in [3.63, 3.8) is 0 Å². The Labute approximate surface area is 119 Å². The molecule has 19 heavy (non-hydrogen) atoms. The van der Waals surface area contributed by atoms with Crippen LogP contribution in [0.4, 0.5) is 0 Å². The lowest BCUT2D eigenvalue weighted by Crippen LogP contribution is -2.15. The van der Waals surface area contributed by atoms with Crippen LogP contribution in [-0.2, 0) is 0 Å². The summed E-state index contributed by atoms with van der Waals surface area (Å²) in [7, 11) is 0. The highest BCUT2D eigenvalue weighted by atomic mass is 79.9. The van der Waals surface area contributed by atoms with Gasteiger partial charge in [-0.2, -0.15) is 0 Å². The first-order valence-electron chi connectivity index (χ1n) is 5.95. The quantitative estimate of drug-likeness (QED) is 0.614. The SMILES string of the molecule is O=Cc1ccccc1C1=Cc2ccccc2OC1Br. The van der Waals surface area contributed by atoms with E-state index in [0.29, 0.717) is 5.56 Å². The number of halogens is 1. The van der Waals surface area contributed by atoms with Crippen molar-refractivity contribution < 1.29 is 9.53 Å². The van der Waals surface area contributed by atoms with Gasteiger partial charge in [0.25, 0.3) is 0 Å². The van der Waals surface area contributed by atoms with Crippen LogP contribution in [-0.4, -0.2) is 11.3 Å². The minimum Gasteiger partial charge on any atom is -0.474 e. The summed E-state index contributed by atoms with van der Waals surface area (Å²) in [4.78, 5) is 11.1. The van der Waals surface area contributed by atoms with Crippen LogP contribution >= 0.6 is 15.9 Å². The second-order valence-corrected chi connectivity index (χ2v) is 5.11. The summed E-state index contributed by atoms with van der Waals surface area (Å²) in [6.07, 6.45) is 2.93. The van der Waals surface area contributed by atoms with Gasteiger partial charge >= 0.3 is 0 Å². The van der Waals surface area contributed by atoms with E-state index in [1.807, 2.05) is 48.5 Å². The molecule has 0 saturated heterocycles. The Morgan fingerprint density at radius 1 is 1.05 bits per heavy atom. The van der Waals surface area contributed by atoms with E-state index in [1.165, 1.54) is 0 Å². The third kappa shape index (κ3) is 2.22. The molecular formula is C16H11BrO2. The number of hydrogen-bond acceptors (Lipinski definition) is 2. The summed E-state index contributed by atoms with van der Waals surface area (Å²) in [5.41, 5.74) is 3.55. The number of aldehydes is 1. The van der Waals surface area contributed by atoms with E-state index in [2.05, 4.69) is 22.0 Å². The van der Waals surface area contributed by atoms with E-state index in [0.717, 1.165) is 28.7 Å². The first-order valence-corrected chi connectivity index (χ1v) is 6.87. The lowest BCUT2D eigenvalue weighted by atomic mass is 9.97. The Kier molecular flexibility index (Phi) is 3.22. The van der Waals surface area contributed by atoms with E-state index in [-0.39, 0.29) is 5.01 Å². The molecule has 2 aromatic carbocycles. The number of rotatable bonds is 2. The fourth-order valence-electron chi connectivity index (χ4n) is 2.18. The van der Waals surface area contributed by atoms with Crippen molar-refractivity contribution in [1.82, 2.24) is 0 Å². The van der Waals surface area contributed by atoms with Crippen LogP contribution in [0.25, 0.3) is 11.6 Å². The van der Waals surface area contributed by atoms with Crippen LogP contribution in [0.1, 0.15) is 21.5 Å². The normalized spacial score (nSPS) is 17.1. The molecule has 0 N–H and O–H groups in total. The molecule has 0 saturated carbocycles. The first kappa shape index (κ1) is 12.2. The summed E-state index contributed by atoms with van der Waals surface area (Å²) in [6.45, 7) is 0. The molecule has 94 valence electrons. The molecule has 1 aliphatic rings. The smallest absolute Gasteiger partial charge is 0.179 e. The fraction of sp³-hybridized carbons (Fsp3) is 0.0625. The zero-order chi connectivity index (χ0) is 13.2. The average molecular weight is 315 g/mol. The van der Waals surface area contributed by atoms with Crippen molar-refractivity contribution in [2.45, 2.75) is 5.01 Å². The van der Waals surface area contributed by atoms with Crippen molar-refractivity contribution in [3.8, 4) is 5.75 Å². The molecule has 1 heterocycles. The van der Waals surface area contributed by atoms with Crippen molar-refractivity contribution in [1.29, 1.82) is 0 Å². The van der Waals surface area contributed by atoms with Crippen molar-refractivity contribution in [3.05, 3.63) is 65.2 Å². The Hall–Kier alpha value is -1.87. The van der Waals surface area contributed by atoms with Gasteiger partial charge in [-0.1, -0.05) is 42.5 Å². The van der Waals surface area contributed by atoms with Gasteiger partial charge in [0, 0.05) is 16.7 Å². The van der Waals surface area contributed by atoms with Crippen molar-refractivity contribution in [2.75, 3.05) is 0 Å². The number of benzene rings is 2. The molecule has 0 fully saturated rings. The summed E-state index contributed by atoms with van der Waals surface area (Å²) in [6, 6.07) is 15.4. The van der Waals surface area contributed by atoms with Gasteiger partial charge < -0.3 is 4.74 Å². The molecule has 0 bridgehead atoms. The minimum absolute atomic E-state index is 0.247. The lowest BCUT2D eigenvalue weighted by Gasteiger charge is -2.24. The molecule has 3 heteroatoms. The Morgan fingerprint density at radius 2 is 1.79 bits per heavy atom. The van der Waals surface area contributed by atoms with Gasteiger partial charge in [-0.3, -0.25) is 4.79 Å². The lowest BCUT2D eigenvalue weighted by molar-refractivity contribution is 0.112. The van der Waals surface area contributed by atoms with E-state index >= 15 is 0 Å². The molecule has 0 amide bonds. The second-order valence-electron chi connectivity index (χ2n) is 4.28. The second kappa shape index (κ2) is 5.02. The summed E-state index contributed by atoms with van der Waals surface area (Å²) >= 11 is 3.52. The standard InChI is InChI=1S/C16H11BrO2/c17-16-14(13-7-3-1-6-12(13)10-18)9-11-5-2-4-8-15(11)19-16/h1-10,16H. The Morgan fingerprint density at radius 3 is 2.63 bits per heavy atom. The maximum atomic E-state index is 11.1. The van der Waals surface area contributed by atoms with Crippen LogP contribution in [0.2, 0.25) is 0 Å². The van der Waals surface area contributed by atoms with Gasteiger partial charge in [-0.05, 0) is 33.6 Å². The molecule has 1 aliphatic heterocycles. The Bertz CT molecular complexity index is 661. The van der Waals surface area contributed by atoms with Crippen LogP contribution in [0.5, 0.6) is 5.75 Å². The molecule has 3 rings (SSSR count). The van der Waals surface area contributed by atoms with E-state index < -0.39 is 0 Å². The third-order valence-corrected chi connectivity index (χ3v) is 3.78. The topological polar surface area (TPSA) is 26.3 Å². The molecular weight excluding hydrogens is 304 g/mol. The maximum Gasteiger partial charge on any atom is 0.179 e. The van der Waals surface area contributed by atoms with Gasteiger partial charge in [0.15, 0.2) is 11.3 Å². The summed E-state index contributed by atoms with van der Waals surface area (Å²) in [5, 5.41) is -0.247. The largest absolute Gasteiger partial charge is 0.474 e. The van der Waals surface area contributed by atoms with E-state index in [4.69, 9.17) is 4.74 Å². The molecule has 2 nitrogen and oxygen atoms in total. The summed E-state index contributed by atoms with van der Waals surface area (Å²) in [5.74, 6) is 0.844. The average Bonchev–Trinajstić information content (AvgIpc) is 2.46. The van der Waals surface area contributed by atoms with Gasteiger partial charge in [-0.15, -0.1) is 0 Å². The van der Waals surface area contributed by atoms with Gasteiger partial charge in [0.05, 0.1) is 0 Å². The number of carbonyl (C=O) groups is 1. The van der Waals surface area contributed by atoms with Gasteiger partial charge in [0.1, 0.15) is 5.75 Å². The number of hydrogen-bond donors (Lipinski definition) is 0. The van der Waals surface area contributed by atoms with E-state index in [1.54, 1.807) is 0 Å². The Balaban J connectivity index is 2.15. The molecule has 2 aromatic rings. The highest BCUT2D eigenvalue weighted by Crippen LogP contribution is 2.37. The molecule has 0 spiro atoms. The molecule has 1 unspecified atom stereocenters. The molecule has 0 aromatic heterocycles. The predicted molar refractivity (Wildman–Crippen MR) is 79.5 cm³/mol. The summed E-state index contributed by atoms with van der Waals surface area (Å²) < 4.78 is 5.83. The molecule has 0 aliphatic carbocycles. The fourth-order valence-corrected chi connectivity index (χ4v) is 2.76. The van der Waals surface area contributed by atoms with Crippen LogP contribution in [0.3, 0.4) is 0 Å². The van der Waals surface area contributed by atoms with Gasteiger partial charge in [0.2, 0.25) is 0 Å². The monoisotopic (exact) mass is 314 g/mol. The zero-order valence-corrected chi connectivity index (χ0v) is 11.6. The van der Waals surface area contributed by atoms with E-state index in [9.17, 15) is 4.79 Å². The maximum absolute atomic E-state index is 11.1.